The Labute approximate surface area is 98.9 Å². The molecule has 1 aromatic rings. The average molecular weight is 215 g/mol. The van der Waals surface area contributed by atoms with Gasteiger partial charge in [0.25, 0.3) is 0 Å². The lowest BCUT2D eigenvalue weighted by Crippen LogP contribution is -2.29. The van der Waals surface area contributed by atoms with Crippen LogP contribution in [0.1, 0.15) is 18.9 Å². The highest BCUT2D eigenvalue weighted by Crippen LogP contribution is 2.03. The minimum Gasteiger partial charge on any atom is -0.310 e. The molecule has 1 N–H and O–H groups in total. The molecule has 0 aromatic heterocycles. The summed E-state index contributed by atoms with van der Waals surface area (Å²) < 4.78 is 0. The van der Waals surface area contributed by atoms with Gasteiger partial charge in [-0.15, -0.1) is 6.58 Å². The maximum atomic E-state index is 3.88. The molecule has 0 saturated carbocycles. The van der Waals surface area contributed by atoms with E-state index < -0.39 is 0 Å². The third kappa shape index (κ3) is 4.94. The molecule has 1 heteroatoms. The number of benzene rings is 1. The number of hydrogen-bond donors (Lipinski definition) is 1. The van der Waals surface area contributed by atoms with Crippen LogP contribution in [0, 0.1) is 0 Å². The zero-order chi connectivity index (χ0) is 11.6. The summed E-state index contributed by atoms with van der Waals surface area (Å²) in [5.74, 6) is 0. The van der Waals surface area contributed by atoms with Crippen LogP contribution in [0.3, 0.4) is 0 Å². The van der Waals surface area contributed by atoms with E-state index in [0.29, 0.717) is 6.04 Å². The summed E-state index contributed by atoms with van der Waals surface area (Å²) in [6.07, 6.45) is 8.34. The van der Waals surface area contributed by atoms with Crippen molar-refractivity contribution in [1.29, 1.82) is 0 Å². The first-order chi connectivity index (χ1) is 7.86. The average Bonchev–Trinajstić information content (AvgIpc) is 2.34. The van der Waals surface area contributed by atoms with Gasteiger partial charge in [0.05, 0.1) is 0 Å². The van der Waals surface area contributed by atoms with Crippen molar-refractivity contribution in [1.82, 2.24) is 5.32 Å². The predicted octanol–water partition coefficient (Wildman–Crippen LogP) is 3.34. The molecule has 1 rings (SSSR count). The molecule has 0 spiro atoms. The van der Waals surface area contributed by atoms with E-state index in [0.717, 1.165) is 19.4 Å². The van der Waals surface area contributed by atoms with Gasteiger partial charge in [-0.2, -0.15) is 0 Å². The molecule has 0 aliphatic carbocycles. The van der Waals surface area contributed by atoms with Gasteiger partial charge >= 0.3 is 0 Å². The molecular formula is C15H21N. The fraction of sp³-hybridized carbons (Fsp3) is 0.333. The molecule has 0 fully saturated rings. The maximum Gasteiger partial charge on any atom is 0.0288 e. The van der Waals surface area contributed by atoms with Crippen molar-refractivity contribution in [2.75, 3.05) is 6.54 Å². The van der Waals surface area contributed by atoms with Crippen LogP contribution < -0.4 is 5.32 Å². The topological polar surface area (TPSA) is 12.0 Å². The predicted molar refractivity (Wildman–Crippen MR) is 71.6 cm³/mol. The lowest BCUT2D eigenvalue weighted by molar-refractivity contribution is 0.596. The highest BCUT2D eigenvalue weighted by Gasteiger charge is 2.03. The van der Waals surface area contributed by atoms with Crippen molar-refractivity contribution in [3.8, 4) is 0 Å². The van der Waals surface area contributed by atoms with Gasteiger partial charge in [0, 0.05) is 6.04 Å². The molecular weight excluding hydrogens is 194 g/mol. The van der Waals surface area contributed by atoms with E-state index in [9.17, 15) is 0 Å². The number of hydrogen-bond acceptors (Lipinski definition) is 1. The Bertz CT molecular complexity index is 313. The number of allylic oxidation sites excluding steroid dienone is 1. The molecule has 86 valence electrons. The van der Waals surface area contributed by atoms with E-state index >= 15 is 0 Å². The van der Waals surface area contributed by atoms with Crippen LogP contribution in [0.4, 0.5) is 0 Å². The van der Waals surface area contributed by atoms with Crippen molar-refractivity contribution in [3.63, 3.8) is 0 Å². The summed E-state index contributed by atoms with van der Waals surface area (Å²) in [5, 5.41) is 3.48. The van der Waals surface area contributed by atoms with Gasteiger partial charge in [0.2, 0.25) is 0 Å². The summed E-state index contributed by atoms with van der Waals surface area (Å²) in [4.78, 5) is 0. The molecule has 0 unspecified atom stereocenters. The second-order valence-corrected chi connectivity index (χ2v) is 3.84. The standard InChI is InChI=1S/C15H21N/c1-3-5-9-12-16-15(4-2)13-14-10-7-6-8-11-14/h3-8,10-11,15-16H,2,9,12-13H2,1H3/b5-3+/t15-/m1/s1. The first kappa shape index (κ1) is 12.7. The second kappa shape index (κ2) is 7.89. The Morgan fingerprint density at radius 1 is 1.31 bits per heavy atom. The van der Waals surface area contributed by atoms with Crippen LogP contribution in [0.2, 0.25) is 0 Å². The van der Waals surface area contributed by atoms with Crippen molar-refractivity contribution in [3.05, 3.63) is 60.7 Å². The lowest BCUT2D eigenvalue weighted by atomic mass is 10.1. The maximum absolute atomic E-state index is 3.88. The quantitative estimate of drug-likeness (QED) is 0.543. The SMILES string of the molecule is C=C[C@H](Cc1ccccc1)NCC/C=C/C. The van der Waals surface area contributed by atoms with Crippen LogP contribution in [-0.4, -0.2) is 12.6 Å². The molecule has 1 nitrogen and oxygen atoms in total. The Morgan fingerprint density at radius 2 is 2.06 bits per heavy atom. The first-order valence-electron chi connectivity index (χ1n) is 5.88. The van der Waals surface area contributed by atoms with Gasteiger partial charge in [-0.1, -0.05) is 48.6 Å². The number of rotatable bonds is 7. The van der Waals surface area contributed by atoms with Gasteiger partial charge in [0.15, 0.2) is 0 Å². The van der Waals surface area contributed by atoms with E-state index in [4.69, 9.17) is 0 Å². The normalized spacial score (nSPS) is 12.8. The molecule has 0 aliphatic heterocycles. The minimum absolute atomic E-state index is 0.368. The van der Waals surface area contributed by atoms with Crippen molar-refractivity contribution < 1.29 is 0 Å². The van der Waals surface area contributed by atoms with Crippen LogP contribution in [0.5, 0.6) is 0 Å². The molecule has 0 amide bonds. The monoisotopic (exact) mass is 215 g/mol. The summed E-state index contributed by atoms with van der Waals surface area (Å²) in [6.45, 7) is 6.93. The zero-order valence-corrected chi connectivity index (χ0v) is 10.0. The molecule has 0 saturated heterocycles. The second-order valence-electron chi connectivity index (χ2n) is 3.84. The minimum atomic E-state index is 0.368. The summed E-state index contributed by atoms with van der Waals surface area (Å²) in [6, 6.07) is 10.9. The molecule has 16 heavy (non-hydrogen) atoms. The number of nitrogens with one attached hydrogen (secondary N) is 1. The molecule has 1 atom stereocenters. The van der Waals surface area contributed by atoms with Crippen LogP contribution in [0.15, 0.2) is 55.1 Å². The summed E-state index contributed by atoms with van der Waals surface area (Å²) in [7, 11) is 0. The smallest absolute Gasteiger partial charge is 0.0288 e. The van der Waals surface area contributed by atoms with E-state index in [-0.39, 0.29) is 0 Å². The molecule has 0 heterocycles. The molecule has 1 aromatic carbocycles. The zero-order valence-electron chi connectivity index (χ0n) is 10.0. The Hall–Kier alpha value is -1.34. The fourth-order valence-electron chi connectivity index (χ4n) is 1.63. The van der Waals surface area contributed by atoms with Crippen molar-refractivity contribution in [2.24, 2.45) is 0 Å². The van der Waals surface area contributed by atoms with Crippen LogP contribution >= 0.6 is 0 Å². The third-order valence-electron chi connectivity index (χ3n) is 2.54. The summed E-state index contributed by atoms with van der Waals surface area (Å²) >= 11 is 0. The lowest BCUT2D eigenvalue weighted by Gasteiger charge is -2.14. The van der Waals surface area contributed by atoms with Gasteiger partial charge in [-0.3, -0.25) is 0 Å². The van der Waals surface area contributed by atoms with E-state index in [1.807, 2.05) is 12.1 Å². The largest absolute Gasteiger partial charge is 0.310 e. The van der Waals surface area contributed by atoms with Gasteiger partial charge in [-0.05, 0) is 31.9 Å². The Balaban J connectivity index is 2.34. The van der Waals surface area contributed by atoms with Gasteiger partial charge < -0.3 is 5.32 Å². The highest BCUT2D eigenvalue weighted by atomic mass is 14.9. The first-order valence-corrected chi connectivity index (χ1v) is 5.88. The van der Waals surface area contributed by atoms with E-state index in [1.165, 1.54) is 5.56 Å². The Kier molecular flexibility index (Phi) is 6.28. The highest BCUT2D eigenvalue weighted by molar-refractivity contribution is 5.17. The van der Waals surface area contributed by atoms with Gasteiger partial charge in [-0.25, -0.2) is 0 Å². The van der Waals surface area contributed by atoms with E-state index in [2.05, 4.69) is 55.2 Å². The Morgan fingerprint density at radius 3 is 2.69 bits per heavy atom. The molecule has 0 radical (unpaired) electrons. The van der Waals surface area contributed by atoms with E-state index in [1.54, 1.807) is 0 Å². The van der Waals surface area contributed by atoms with Crippen LogP contribution in [0.25, 0.3) is 0 Å². The molecule has 0 bridgehead atoms. The fourth-order valence-corrected chi connectivity index (χ4v) is 1.63. The van der Waals surface area contributed by atoms with Gasteiger partial charge in [0.1, 0.15) is 0 Å². The molecule has 0 aliphatic rings. The summed E-state index contributed by atoms with van der Waals surface area (Å²) in [5.41, 5.74) is 1.35. The van der Waals surface area contributed by atoms with Crippen molar-refractivity contribution in [2.45, 2.75) is 25.8 Å². The van der Waals surface area contributed by atoms with Crippen molar-refractivity contribution >= 4 is 0 Å². The van der Waals surface area contributed by atoms with Crippen LogP contribution in [-0.2, 0) is 6.42 Å². The third-order valence-corrected chi connectivity index (χ3v) is 2.54.